The van der Waals surface area contributed by atoms with Crippen LogP contribution in [0.5, 0.6) is 0 Å². The molecule has 1 aromatic heterocycles. The molecular formula is C22H17F4N5O3. The van der Waals surface area contributed by atoms with Crippen molar-refractivity contribution in [2.45, 2.75) is 11.7 Å². The van der Waals surface area contributed by atoms with E-state index in [-0.39, 0.29) is 22.5 Å². The van der Waals surface area contributed by atoms with Gasteiger partial charge < -0.3 is 15.2 Å². The van der Waals surface area contributed by atoms with Crippen LogP contribution < -0.4 is 16.0 Å². The van der Waals surface area contributed by atoms with Gasteiger partial charge in [-0.1, -0.05) is 18.2 Å². The van der Waals surface area contributed by atoms with Gasteiger partial charge >= 0.3 is 12.2 Å². The number of carbonyl (C=O) groups is 3. The van der Waals surface area contributed by atoms with E-state index < -0.39 is 47.5 Å². The van der Waals surface area contributed by atoms with Gasteiger partial charge in [0.2, 0.25) is 0 Å². The molecule has 1 fully saturated rings. The van der Waals surface area contributed by atoms with E-state index in [1.807, 2.05) is 0 Å². The Balaban J connectivity index is 1.66. The predicted octanol–water partition coefficient (Wildman–Crippen LogP) is 2.71. The summed E-state index contributed by atoms with van der Waals surface area (Å²) in [5, 5.41) is 7.08. The average Bonchev–Trinajstić information content (AvgIpc) is 3.33. The number of imide groups is 1. The van der Waals surface area contributed by atoms with Crippen molar-refractivity contribution in [2.75, 3.05) is 6.54 Å². The largest absolute Gasteiger partial charge is 0.416 e. The molecule has 1 aliphatic rings. The molecule has 8 nitrogen and oxygen atoms in total. The molecule has 0 saturated carbocycles. The number of hydrogen-bond acceptors (Lipinski definition) is 4. The van der Waals surface area contributed by atoms with Crippen molar-refractivity contribution in [1.82, 2.24) is 25.5 Å². The molecule has 0 bridgehead atoms. The van der Waals surface area contributed by atoms with Gasteiger partial charge in [0, 0.05) is 25.0 Å². The van der Waals surface area contributed by atoms with Crippen LogP contribution in [-0.2, 0) is 23.6 Å². The summed E-state index contributed by atoms with van der Waals surface area (Å²) in [6.45, 7) is -0.419. The van der Waals surface area contributed by atoms with Gasteiger partial charge in [0.25, 0.3) is 11.8 Å². The SMILES string of the molecule is Cn1ccnc1C1(CNC(=O)c2cccc(F)c2-c2ccc(C(F)(F)F)cc2)NC(=O)NC1=O. The Kier molecular flexibility index (Phi) is 5.59. The topological polar surface area (TPSA) is 105 Å². The Morgan fingerprint density at radius 3 is 2.41 bits per heavy atom. The van der Waals surface area contributed by atoms with Gasteiger partial charge in [0.15, 0.2) is 5.54 Å². The van der Waals surface area contributed by atoms with E-state index in [2.05, 4.69) is 20.9 Å². The van der Waals surface area contributed by atoms with Crippen molar-refractivity contribution in [1.29, 1.82) is 0 Å². The summed E-state index contributed by atoms with van der Waals surface area (Å²) in [5.41, 5.74) is -2.95. The number of urea groups is 1. The second kappa shape index (κ2) is 8.28. The number of nitrogens with one attached hydrogen (secondary N) is 3. The first-order chi connectivity index (χ1) is 16.0. The highest BCUT2D eigenvalue weighted by Gasteiger charge is 2.51. The lowest BCUT2D eigenvalue weighted by molar-refractivity contribution is -0.137. The first kappa shape index (κ1) is 23.0. The van der Waals surface area contributed by atoms with Gasteiger partial charge in [-0.15, -0.1) is 0 Å². The van der Waals surface area contributed by atoms with E-state index in [4.69, 9.17) is 0 Å². The minimum atomic E-state index is -4.57. The fraction of sp³-hybridized carbons (Fsp3) is 0.182. The van der Waals surface area contributed by atoms with E-state index >= 15 is 0 Å². The highest BCUT2D eigenvalue weighted by molar-refractivity contribution is 6.08. The Bertz CT molecular complexity index is 1290. The number of alkyl halides is 3. The molecule has 2 aromatic carbocycles. The van der Waals surface area contributed by atoms with Gasteiger partial charge in [-0.3, -0.25) is 14.9 Å². The molecule has 1 saturated heterocycles. The number of benzene rings is 2. The van der Waals surface area contributed by atoms with Gasteiger partial charge in [0.05, 0.1) is 17.7 Å². The number of hydrogen-bond donors (Lipinski definition) is 3. The maximum Gasteiger partial charge on any atom is 0.416 e. The maximum atomic E-state index is 14.7. The summed E-state index contributed by atoms with van der Waals surface area (Å²) >= 11 is 0. The molecular weight excluding hydrogens is 458 g/mol. The highest BCUT2D eigenvalue weighted by atomic mass is 19.4. The molecule has 12 heteroatoms. The minimum Gasteiger partial charge on any atom is -0.349 e. The highest BCUT2D eigenvalue weighted by Crippen LogP contribution is 2.33. The molecule has 1 unspecified atom stereocenters. The standard InChI is InChI=1S/C22H17F4N5O3/c1-31-10-9-27-18(31)21(19(33)29-20(34)30-21)11-28-17(32)14-3-2-4-15(23)16(14)12-5-7-13(8-6-12)22(24,25)26/h2-10H,11H2,1H3,(H,28,32)(H2,29,30,33,34). The molecule has 4 amide bonds. The monoisotopic (exact) mass is 475 g/mol. The first-order valence-electron chi connectivity index (χ1n) is 9.88. The van der Waals surface area contributed by atoms with Crippen LogP contribution in [0.1, 0.15) is 21.7 Å². The third-order valence-corrected chi connectivity index (χ3v) is 5.42. The second-order valence-electron chi connectivity index (χ2n) is 7.60. The number of rotatable bonds is 5. The van der Waals surface area contributed by atoms with Crippen molar-refractivity contribution in [3.8, 4) is 11.1 Å². The van der Waals surface area contributed by atoms with E-state index in [1.165, 1.54) is 22.9 Å². The first-order valence-corrected chi connectivity index (χ1v) is 9.88. The molecule has 2 heterocycles. The summed E-state index contributed by atoms with van der Waals surface area (Å²) in [6, 6.07) is 6.58. The lowest BCUT2D eigenvalue weighted by atomic mass is 9.96. The van der Waals surface area contributed by atoms with Crippen molar-refractivity contribution in [2.24, 2.45) is 7.05 Å². The molecule has 0 aliphatic carbocycles. The number of imidazole rings is 1. The number of carbonyl (C=O) groups excluding carboxylic acids is 3. The summed E-state index contributed by atoms with van der Waals surface area (Å²) in [4.78, 5) is 41.6. The number of nitrogens with zero attached hydrogens (tertiary/aromatic N) is 2. The van der Waals surface area contributed by atoms with Crippen LogP contribution in [0.3, 0.4) is 0 Å². The van der Waals surface area contributed by atoms with Gasteiger partial charge in [-0.2, -0.15) is 13.2 Å². The fourth-order valence-corrected chi connectivity index (χ4v) is 3.77. The maximum absolute atomic E-state index is 14.7. The Morgan fingerprint density at radius 1 is 1.15 bits per heavy atom. The second-order valence-corrected chi connectivity index (χ2v) is 7.60. The van der Waals surface area contributed by atoms with Gasteiger partial charge in [-0.05, 0) is 29.8 Å². The number of aromatic nitrogens is 2. The normalized spacial score (nSPS) is 17.9. The van der Waals surface area contributed by atoms with Crippen LogP contribution >= 0.6 is 0 Å². The summed E-state index contributed by atoms with van der Waals surface area (Å²) in [7, 11) is 1.60. The number of halogens is 4. The van der Waals surface area contributed by atoms with Crippen molar-refractivity contribution in [3.63, 3.8) is 0 Å². The Hall–Kier alpha value is -4.22. The average molecular weight is 475 g/mol. The number of aryl methyl sites for hydroxylation is 1. The third kappa shape index (κ3) is 3.98. The van der Waals surface area contributed by atoms with E-state index in [1.54, 1.807) is 13.2 Å². The zero-order valence-corrected chi connectivity index (χ0v) is 17.5. The van der Waals surface area contributed by atoms with Crippen LogP contribution in [0.25, 0.3) is 11.1 Å². The van der Waals surface area contributed by atoms with E-state index in [0.29, 0.717) is 0 Å². The molecule has 1 aliphatic heterocycles. The van der Waals surface area contributed by atoms with Crippen LogP contribution in [-0.4, -0.2) is 33.9 Å². The van der Waals surface area contributed by atoms with Crippen LogP contribution in [0.2, 0.25) is 0 Å². The summed E-state index contributed by atoms with van der Waals surface area (Å²) in [6.07, 6.45) is -1.61. The van der Waals surface area contributed by atoms with Crippen molar-refractivity contribution >= 4 is 17.8 Å². The van der Waals surface area contributed by atoms with Gasteiger partial charge in [-0.25, -0.2) is 14.2 Å². The fourth-order valence-electron chi connectivity index (χ4n) is 3.77. The molecule has 3 N–H and O–H groups in total. The lowest BCUT2D eigenvalue weighted by Crippen LogP contribution is -2.54. The molecule has 4 rings (SSSR count). The Labute approximate surface area is 190 Å². The molecule has 176 valence electrons. The third-order valence-electron chi connectivity index (χ3n) is 5.42. The molecule has 3 aromatic rings. The van der Waals surface area contributed by atoms with Crippen molar-refractivity contribution < 1.29 is 31.9 Å². The zero-order chi connectivity index (χ0) is 24.7. The molecule has 1 atom stereocenters. The van der Waals surface area contributed by atoms with Crippen LogP contribution in [0.15, 0.2) is 54.9 Å². The quantitative estimate of drug-likeness (QED) is 0.390. The molecule has 0 spiro atoms. The molecule has 34 heavy (non-hydrogen) atoms. The lowest BCUT2D eigenvalue weighted by Gasteiger charge is -2.26. The number of amides is 4. The zero-order valence-electron chi connectivity index (χ0n) is 17.5. The smallest absolute Gasteiger partial charge is 0.349 e. The Morgan fingerprint density at radius 2 is 1.85 bits per heavy atom. The van der Waals surface area contributed by atoms with Crippen molar-refractivity contribution in [3.05, 3.63) is 77.6 Å². The minimum absolute atomic E-state index is 0.0574. The van der Waals surface area contributed by atoms with Crippen LogP contribution in [0.4, 0.5) is 22.4 Å². The molecule has 0 radical (unpaired) electrons. The summed E-state index contributed by atoms with van der Waals surface area (Å²) in [5.74, 6) is -2.22. The van der Waals surface area contributed by atoms with E-state index in [9.17, 15) is 31.9 Å². The van der Waals surface area contributed by atoms with Crippen LogP contribution in [0, 0.1) is 5.82 Å². The predicted molar refractivity (Wildman–Crippen MR) is 111 cm³/mol. The van der Waals surface area contributed by atoms with Gasteiger partial charge in [0.1, 0.15) is 11.6 Å². The van der Waals surface area contributed by atoms with E-state index in [0.717, 1.165) is 30.3 Å². The summed E-state index contributed by atoms with van der Waals surface area (Å²) < 4.78 is 54.9.